The number of thioether (sulfide) groups is 1. The van der Waals surface area contributed by atoms with Gasteiger partial charge in [0.2, 0.25) is 12.7 Å². The van der Waals surface area contributed by atoms with Gasteiger partial charge in [0.1, 0.15) is 5.75 Å². The van der Waals surface area contributed by atoms with Crippen molar-refractivity contribution in [3.63, 3.8) is 0 Å². The summed E-state index contributed by atoms with van der Waals surface area (Å²) in [5, 5.41) is 2.40. The molecule has 0 saturated carbocycles. The van der Waals surface area contributed by atoms with Crippen molar-refractivity contribution in [1.82, 2.24) is 10.2 Å². The van der Waals surface area contributed by atoms with Crippen LogP contribution in [0.5, 0.6) is 17.2 Å². The van der Waals surface area contributed by atoms with Crippen LogP contribution in [-0.4, -0.2) is 48.9 Å². The minimum atomic E-state index is -0.382. The molecule has 32 heavy (non-hydrogen) atoms. The average molecular weight is 455 g/mol. The number of fused-ring (bicyclic) bond motifs is 1. The van der Waals surface area contributed by atoms with Crippen LogP contribution in [0.3, 0.4) is 0 Å². The number of benzene rings is 2. The lowest BCUT2D eigenvalue weighted by Crippen LogP contribution is -2.37. The molecule has 8 nitrogen and oxygen atoms in total. The highest BCUT2D eigenvalue weighted by atomic mass is 32.2. The molecule has 1 fully saturated rings. The molecule has 2 heterocycles. The van der Waals surface area contributed by atoms with Gasteiger partial charge < -0.3 is 19.5 Å². The Morgan fingerprint density at radius 3 is 2.81 bits per heavy atom. The molecule has 1 N–H and O–H groups in total. The van der Waals surface area contributed by atoms with Crippen LogP contribution in [0.4, 0.5) is 4.79 Å². The van der Waals surface area contributed by atoms with Gasteiger partial charge >= 0.3 is 0 Å². The Bertz CT molecular complexity index is 1110. The highest BCUT2D eigenvalue weighted by molar-refractivity contribution is 8.18. The van der Waals surface area contributed by atoms with Gasteiger partial charge in [0.15, 0.2) is 11.5 Å². The van der Waals surface area contributed by atoms with E-state index in [0.29, 0.717) is 22.2 Å². The predicted molar refractivity (Wildman–Crippen MR) is 120 cm³/mol. The van der Waals surface area contributed by atoms with Crippen molar-refractivity contribution in [2.45, 2.75) is 13.3 Å². The van der Waals surface area contributed by atoms with Gasteiger partial charge in [-0.25, -0.2) is 0 Å². The Morgan fingerprint density at radius 1 is 1.19 bits per heavy atom. The fourth-order valence-corrected chi connectivity index (χ4v) is 4.30. The molecule has 9 heteroatoms. The first-order chi connectivity index (χ1) is 15.4. The summed E-state index contributed by atoms with van der Waals surface area (Å²) in [6, 6.07) is 11.0. The summed E-state index contributed by atoms with van der Waals surface area (Å²) in [7, 11) is 1.56. The molecule has 0 spiro atoms. The summed E-state index contributed by atoms with van der Waals surface area (Å²) in [6.07, 6.45) is 1.80. The molecule has 0 aliphatic carbocycles. The number of imide groups is 1. The number of aryl methyl sites for hydroxylation is 1. The molecule has 1 saturated heterocycles. The van der Waals surface area contributed by atoms with Gasteiger partial charge in [0.25, 0.3) is 11.1 Å². The zero-order valence-corrected chi connectivity index (χ0v) is 18.5. The van der Waals surface area contributed by atoms with Gasteiger partial charge in [-0.3, -0.25) is 19.3 Å². The third kappa shape index (κ3) is 4.72. The maximum Gasteiger partial charge on any atom is 0.293 e. The molecule has 2 aromatic rings. The third-order valence-corrected chi connectivity index (χ3v) is 5.92. The molecule has 3 amide bonds. The molecule has 2 aliphatic rings. The number of ether oxygens (including phenoxy) is 3. The van der Waals surface area contributed by atoms with Crippen molar-refractivity contribution in [3.8, 4) is 17.2 Å². The maximum absolute atomic E-state index is 12.7. The number of carbonyl (C=O) groups is 3. The SMILES string of the molecule is COc1ccc(C)cc1CC(=O)NCCN1C(=O)S/C(=C/c2ccc3c(c2)OCO3)C1=O. The summed E-state index contributed by atoms with van der Waals surface area (Å²) in [5.41, 5.74) is 2.55. The summed E-state index contributed by atoms with van der Waals surface area (Å²) in [6.45, 7) is 2.37. The number of rotatable bonds is 7. The molecular weight excluding hydrogens is 432 g/mol. The zero-order chi connectivity index (χ0) is 22.7. The smallest absolute Gasteiger partial charge is 0.293 e. The van der Waals surface area contributed by atoms with Crippen LogP contribution in [0, 0.1) is 6.92 Å². The quantitative estimate of drug-likeness (QED) is 0.643. The van der Waals surface area contributed by atoms with E-state index in [1.165, 1.54) is 0 Å². The minimum absolute atomic E-state index is 0.0971. The van der Waals surface area contributed by atoms with E-state index < -0.39 is 0 Å². The highest BCUT2D eigenvalue weighted by Crippen LogP contribution is 2.36. The van der Waals surface area contributed by atoms with E-state index in [9.17, 15) is 14.4 Å². The van der Waals surface area contributed by atoms with E-state index in [2.05, 4.69) is 5.32 Å². The number of nitrogens with zero attached hydrogens (tertiary/aromatic N) is 1. The van der Waals surface area contributed by atoms with Gasteiger partial charge in [-0.2, -0.15) is 0 Å². The Balaban J connectivity index is 1.33. The largest absolute Gasteiger partial charge is 0.496 e. The van der Waals surface area contributed by atoms with Gasteiger partial charge in [-0.15, -0.1) is 0 Å². The van der Waals surface area contributed by atoms with Crippen molar-refractivity contribution < 1.29 is 28.6 Å². The summed E-state index contributed by atoms with van der Waals surface area (Å²) in [4.78, 5) is 38.8. The van der Waals surface area contributed by atoms with Crippen LogP contribution in [-0.2, 0) is 16.0 Å². The number of carbonyl (C=O) groups excluding carboxylic acids is 3. The Kier molecular flexibility index (Phi) is 6.36. The van der Waals surface area contributed by atoms with E-state index in [0.717, 1.165) is 33.4 Å². The van der Waals surface area contributed by atoms with Crippen LogP contribution >= 0.6 is 11.8 Å². The Hall–Kier alpha value is -3.46. The van der Waals surface area contributed by atoms with Gasteiger partial charge in [0.05, 0.1) is 18.4 Å². The Labute approximate surface area is 189 Å². The van der Waals surface area contributed by atoms with Gasteiger partial charge in [-0.05, 0) is 48.5 Å². The molecule has 0 aromatic heterocycles. The lowest BCUT2D eigenvalue weighted by Gasteiger charge is -2.14. The van der Waals surface area contributed by atoms with E-state index >= 15 is 0 Å². The van der Waals surface area contributed by atoms with E-state index in [-0.39, 0.29) is 43.4 Å². The standard InChI is InChI=1S/C23H22N2O6S/c1-14-3-5-17(29-2)16(9-14)12-21(26)24-7-8-25-22(27)20(32-23(25)28)11-15-4-6-18-19(10-15)31-13-30-18/h3-6,9-11H,7-8,12-13H2,1-2H3,(H,24,26)/b20-11+. The number of hydrogen-bond donors (Lipinski definition) is 1. The van der Waals surface area contributed by atoms with E-state index in [4.69, 9.17) is 14.2 Å². The fraction of sp³-hybridized carbons (Fsp3) is 0.261. The van der Waals surface area contributed by atoms with Crippen molar-refractivity contribution in [3.05, 3.63) is 58.0 Å². The second kappa shape index (κ2) is 9.35. The zero-order valence-electron chi connectivity index (χ0n) is 17.7. The fourth-order valence-electron chi connectivity index (χ4n) is 3.44. The van der Waals surface area contributed by atoms with Crippen LogP contribution in [0.2, 0.25) is 0 Å². The van der Waals surface area contributed by atoms with Gasteiger partial charge in [-0.1, -0.05) is 23.8 Å². The van der Waals surface area contributed by atoms with E-state index in [1.807, 2.05) is 25.1 Å². The van der Waals surface area contributed by atoms with Crippen LogP contribution in [0.1, 0.15) is 16.7 Å². The number of hydrogen-bond acceptors (Lipinski definition) is 7. The molecular formula is C23H22N2O6S. The van der Waals surface area contributed by atoms with Crippen molar-refractivity contribution in [1.29, 1.82) is 0 Å². The summed E-state index contributed by atoms with van der Waals surface area (Å²) >= 11 is 0.875. The van der Waals surface area contributed by atoms with Crippen LogP contribution < -0.4 is 19.5 Å². The second-order valence-electron chi connectivity index (χ2n) is 7.29. The Morgan fingerprint density at radius 2 is 2.00 bits per heavy atom. The number of methoxy groups -OCH3 is 1. The summed E-state index contributed by atoms with van der Waals surface area (Å²) < 4.78 is 15.9. The third-order valence-electron chi connectivity index (χ3n) is 5.01. The monoisotopic (exact) mass is 454 g/mol. The van der Waals surface area contributed by atoms with Crippen molar-refractivity contribution >= 4 is 34.9 Å². The van der Waals surface area contributed by atoms with Crippen LogP contribution in [0.25, 0.3) is 6.08 Å². The molecule has 166 valence electrons. The first kappa shape index (κ1) is 21.8. The lowest BCUT2D eigenvalue weighted by atomic mass is 10.1. The molecule has 4 rings (SSSR count). The molecule has 0 unspecified atom stereocenters. The number of amides is 3. The first-order valence-electron chi connectivity index (χ1n) is 10.00. The minimum Gasteiger partial charge on any atom is -0.496 e. The normalized spacial score (nSPS) is 16.1. The highest BCUT2D eigenvalue weighted by Gasteiger charge is 2.34. The van der Waals surface area contributed by atoms with Gasteiger partial charge in [0, 0.05) is 18.7 Å². The number of nitrogens with one attached hydrogen (secondary N) is 1. The molecule has 0 radical (unpaired) electrons. The average Bonchev–Trinajstić information content (AvgIpc) is 3.33. The molecule has 2 aliphatic heterocycles. The predicted octanol–water partition coefficient (Wildman–Crippen LogP) is 3.13. The molecule has 0 atom stereocenters. The first-order valence-corrected chi connectivity index (χ1v) is 10.8. The molecule has 0 bridgehead atoms. The second-order valence-corrected chi connectivity index (χ2v) is 8.28. The van der Waals surface area contributed by atoms with Crippen molar-refractivity contribution in [2.75, 3.05) is 27.0 Å². The van der Waals surface area contributed by atoms with E-state index in [1.54, 1.807) is 31.4 Å². The molecule has 2 aromatic carbocycles. The van der Waals surface area contributed by atoms with Crippen LogP contribution in [0.15, 0.2) is 41.3 Å². The van der Waals surface area contributed by atoms with Crippen molar-refractivity contribution in [2.24, 2.45) is 0 Å². The maximum atomic E-state index is 12.7. The topological polar surface area (TPSA) is 94.2 Å². The lowest BCUT2D eigenvalue weighted by molar-refractivity contribution is -0.124. The summed E-state index contributed by atoms with van der Waals surface area (Å²) in [5.74, 6) is 1.30.